The molecule has 0 spiro atoms. The summed E-state index contributed by atoms with van der Waals surface area (Å²) >= 11 is 6.51. The summed E-state index contributed by atoms with van der Waals surface area (Å²) in [5.41, 5.74) is 9.47. The quantitative estimate of drug-likeness (QED) is 0.496. The number of benzene rings is 2. The summed E-state index contributed by atoms with van der Waals surface area (Å²) in [6, 6.07) is 17.8. The second kappa shape index (κ2) is 7.37. The van der Waals surface area contributed by atoms with E-state index in [1.54, 1.807) is 4.68 Å². The molecule has 0 radical (unpaired) electrons. The van der Waals surface area contributed by atoms with E-state index in [0.717, 1.165) is 24.1 Å². The van der Waals surface area contributed by atoms with Gasteiger partial charge in [0, 0.05) is 16.6 Å². The maximum Gasteiger partial charge on any atom is 0.225 e. The Hall–Kier alpha value is -3.12. The molecule has 2 heterocycles. The van der Waals surface area contributed by atoms with Crippen molar-refractivity contribution >= 4 is 34.4 Å². The van der Waals surface area contributed by atoms with Crippen LogP contribution in [0.2, 0.25) is 5.02 Å². The Labute approximate surface area is 173 Å². The molecule has 1 fully saturated rings. The van der Waals surface area contributed by atoms with Gasteiger partial charge < -0.3 is 11.1 Å². The Balaban J connectivity index is 1.72. The zero-order chi connectivity index (χ0) is 19.8. The summed E-state index contributed by atoms with van der Waals surface area (Å²) in [5, 5.41) is 9.49. The zero-order valence-electron chi connectivity index (χ0n) is 15.8. The summed E-state index contributed by atoms with van der Waals surface area (Å²) in [6.07, 6.45) is 4.71. The molecular formula is C22H21ClN6. The number of hydrogen-bond acceptors (Lipinski definition) is 5. The molecule has 1 aliphatic rings. The number of rotatable bonds is 4. The maximum absolute atomic E-state index is 6.53. The van der Waals surface area contributed by atoms with E-state index in [1.165, 1.54) is 12.8 Å². The van der Waals surface area contributed by atoms with Crippen molar-refractivity contribution in [1.82, 2.24) is 19.7 Å². The highest BCUT2D eigenvalue weighted by Gasteiger charge is 2.22. The molecule has 0 amide bonds. The minimum absolute atomic E-state index is 0.389. The van der Waals surface area contributed by atoms with Crippen molar-refractivity contribution in [3.05, 3.63) is 59.6 Å². The molecule has 146 valence electrons. The number of aromatic nitrogens is 4. The number of anilines is 2. The molecule has 6 nitrogen and oxygen atoms in total. The van der Waals surface area contributed by atoms with E-state index in [0.29, 0.717) is 39.6 Å². The van der Waals surface area contributed by atoms with Gasteiger partial charge in [-0.05, 0) is 31.0 Å². The summed E-state index contributed by atoms with van der Waals surface area (Å²) in [7, 11) is 0. The second-order valence-electron chi connectivity index (χ2n) is 7.33. The number of hydrogen-bond donors (Lipinski definition) is 2. The molecule has 0 atom stereocenters. The monoisotopic (exact) mass is 404 g/mol. The molecule has 2 aromatic carbocycles. The number of para-hydroxylation sites is 1. The summed E-state index contributed by atoms with van der Waals surface area (Å²) in [6.45, 7) is 0. The first-order chi connectivity index (χ1) is 14.2. The maximum atomic E-state index is 6.53. The Morgan fingerprint density at radius 3 is 2.45 bits per heavy atom. The summed E-state index contributed by atoms with van der Waals surface area (Å²) < 4.78 is 1.71. The van der Waals surface area contributed by atoms with Crippen molar-refractivity contribution in [2.75, 3.05) is 11.1 Å². The fraction of sp³-hybridized carbons (Fsp3) is 0.227. The molecule has 1 saturated carbocycles. The first-order valence-corrected chi connectivity index (χ1v) is 10.2. The van der Waals surface area contributed by atoms with E-state index >= 15 is 0 Å². The van der Waals surface area contributed by atoms with Gasteiger partial charge in [0.1, 0.15) is 5.82 Å². The lowest BCUT2D eigenvalue weighted by Gasteiger charge is -2.13. The largest absolute Gasteiger partial charge is 0.383 e. The number of nitrogens with two attached hydrogens (primary N) is 1. The molecule has 2 aromatic heterocycles. The van der Waals surface area contributed by atoms with Crippen molar-refractivity contribution in [2.45, 2.75) is 31.7 Å². The van der Waals surface area contributed by atoms with Crippen molar-refractivity contribution in [3.63, 3.8) is 0 Å². The fourth-order valence-electron chi connectivity index (χ4n) is 3.94. The number of nitrogens with one attached hydrogen (secondary N) is 1. The average molecular weight is 405 g/mol. The molecule has 5 rings (SSSR count). The van der Waals surface area contributed by atoms with Gasteiger partial charge in [-0.1, -0.05) is 60.8 Å². The smallest absolute Gasteiger partial charge is 0.225 e. The van der Waals surface area contributed by atoms with Gasteiger partial charge in [0.25, 0.3) is 0 Å². The molecule has 0 aliphatic heterocycles. The van der Waals surface area contributed by atoms with Crippen molar-refractivity contribution in [2.24, 2.45) is 0 Å². The predicted molar refractivity (Wildman–Crippen MR) is 117 cm³/mol. The molecule has 0 bridgehead atoms. The van der Waals surface area contributed by atoms with Crippen LogP contribution in [0.15, 0.2) is 54.6 Å². The van der Waals surface area contributed by atoms with E-state index in [2.05, 4.69) is 10.3 Å². The van der Waals surface area contributed by atoms with Gasteiger partial charge in [0.05, 0.1) is 16.8 Å². The van der Waals surface area contributed by atoms with E-state index in [4.69, 9.17) is 27.4 Å². The van der Waals surface area contributed by atoms with Gasteiger partial charge >= 0.3 is 0 Å². The van der Waals surface area contributed by atoms with Crippen molar-refractivity contribution < 1.29 is 0 Å². The lowest BCUT2D eigenvalue weighted by atomic mass is 10.1. The fourth-order valence-corrected chi connectivity index (χ4v) is 4.17. The first kappa shape index (κ1) is 17.9. The normalized spacial score (nSPS) is 14.5. The minimum atomic E-state index is 0.389. The second-order valence-corrected chi connectivity index (χ2v) is 7.74. The molecule has 7 heteroatoms. The van der Waals surface area contributed by atoms with Gasteiger partial charge in [0.15, 0.2) is 5.65 Å². The number of nitrogens with zero attached hydrogens (tertiary/aromatic N) is 4. The topological polar surface area (TPSA) is 81.7 Å². The van der Waals surface area contributed by atoms with Crippen LogP contribution in [0.25, 0.3) is 28.0 Å². The molecule has 0 unspecified atom stereocenters. The van der Waals surface area contributed by atoms with Crippen LogP contribution in [0.5, 0.6) is 0 Å². The Morgan fingerprint density at radius 2 is 1.69 bits per heavy atom. The Kier molecular flexibility index (Phi) is 4.56. The highest BCUT2D eigenvalue weighted by atomic mass is 35.5. The van der Waals surface area contributed by atoms with Crippen LogP contribution in [0, 0.1) is 0 Å². The van der Waals surface area contributed by atoms with Gasteiger partial charge in [-0.25, -0.2) is 9.67 Å². The van der Waals surface area contributed by atoms with E-state index in [9.17, 15) is 0 Å². The lowest BCUT2D eigenvalue weighted by Crippen LogP contribution is -2.17. The molecular weight excluding hydrogens is 384 g/mol. The van der Waals surface area contributed by atoms with Gasteiger partial charge in [-0.2, -0.15) is 4.98 Å². The Bertz CT molecular complexity index is 1160. The zero-order valence-corrected chi connectivity index (χ0v) is 16.6. The van der Waals surface area contributed by atoms with Crippen LogP contribution < -0.4 is 11.1 Å². The van der Waals surface area contributed by atoms with Crippen LogP contribution in [-0.4, -0.2) is 25.8 Å². The van der Waals surface area contributed by atoms with Crippen LogP contribution in [0.4, 0.5) is 11.8 Å². The van der Waals surface area contributed by atoms with Gasteiger partial charge in [0.2, 0.25) is 5.95 Å². The van der Waals surface area contributed by atoms with E-state index < -0.39 is 0 Å². The van der Waals surface area contributed by atoms with Crippen LogP contribution in [0.1, 0.15) is 25.7 Å². The predicted octanol–water partition coefficient (Wildman–Crippen LogP) is 5.07. The third-order valence-corrected chi connectivity index (χ3v) is 5.72. The van der Waals surface area contributed by atoms with Gasteiger partial charge in [-0.15, -0.1) is 5.10 Å². The number of halogens is 1. The van der Waals surface area contributed by atoms with E-state index in [-0.39, 0.29) is 0 Å². The standard InChI is InChI=1S/C22H21ClN6/c23-17-13-7-6-12-16(17)19-18-20(24)29(15-10-2-1-3-11-15)28-21(18)27-22(26-19)25-14-8-4-5-9-14/h1-3,6-7,10-14H,4-5,8-9,24H2,(H,25,27,28). The number of nitrogen functional groups attached to an aromatic ring is 1. The minimum Gasteiger partial charge on any atom is -0.383 e. The summed E-state index contributed by atoms with van der Waals surface area (Å²) in [5.74, 6) is 1.06. The highest BCUT2D eigenvalue weighted by molar-refractivity contribution is 6.33. The third kappa shape index (κ3) is 3.29. The van der Waals surface area contributed by atoms with Crippen LogP contribution in [0.3, 0.4) is 0 Å². The molecule has 0 saturated heterocycles. The molecule has 29 heavy (non-hydrogen) atoms. The summed E-state index contributed by atoms with van der Waals surface area (Å²) in [4.78, 5) is 9.51. The van der Waals surface area contributed by atoms with Crippen molar-refractivity contribution in [3.8, 4) is 16.9 Å². The Morgan fingerprint density at radius 1 is 0.966 bits per heavy atom. The van der Waals surface area contributed by atoms with Crippen molar-refractivity contribution in [1.29, 1.82) is 0 Å². The van der Waals surface area contributed by atoms with Crippen LogP contribution >= 0.6 is 11.6 Å². The van der Waals surface area contributed by atoms with Gasteiger partial charge in [-0.3, -0.25) is 0 Å². The molecule has 3 N–H and O–H groups in total. The number of fused-ring (bicyclic) bond motifs is 1. The third-order valence-electron chi connectivity index (χ3n) is 5.39. The highest BCUT2D eigenvalue weighted by Crippen LogP contribution is 2.36. The van der Waals surface area contributed by atoms with Crippen LogP contribution in [-0.2, 0) is 0 Å². The molecule has 1 aliphatic carbocycles. The lowest BCUT2D eigenvalue weighted by molar-refractivity contribution is 0.745. The average Bonchev–Trinajstić information content (AvgIpc) is 3.36. The SMILES string of the molecule is Nc1c2c(-c3ccccc3Cl)nc(NC3CCCC3)nc2nn1-c1ccccc1. The van der Waals surface area contributed by atoms with E-state index in [1.807, 2.05) is 54.6 Å². The molecule has 4 aromatic rings. The first-order valence-electron chi connectivity index (χ1n) is 9.84.